The lowest BCUT2D eigenvalue weighted by atomic mass is 9.99. The van der Waals surface area contributed by atoms with Crippen LogP contribution in [-0.4, -0.2) is 45.2 Å². The number of hydrogen-bond acceptors (Lipinski definition) is 5. The molecule has 30 heavy (non-hydrogen) atoms. The molecule has 1 amide bonds. The average molecular weight is 425 g/mol. The van der Waals surface area contributed by atoms with Gasteiger partial charge in [-0.15, -0.1) is 0 Å². The van der Waals surface area contributed by atoms with Crippen LogP contribution in [0.3, 0.4) is 0 Å². The number of carbonyl (C=O) groups excluding carboxylic acids is 1. The largest absolute Gasteiger partial charge is 0.337 e. The summed E-state index contributed by atoms with van der Waals surface area (Å²) in [7, 11) is 0. The third-order valence-corrected chi connectivity index (χ3v) is 7.77. The van der Waals surface area contributed by atoms with Gasteiger partial charge >= 0.3 is 0 Å². The van der Waals surface area contributed by atoms with Gasteiger partial charge in [-0.05, 0) is 25.0 Å². The summed E-state index contributed by atoms with van der Waals surface area (Å²) in [6.45, 7) is 2.51. The van der Waals surface area contributed by atoms with E-state index in [0.29, 0.717) is 30.3 Å². The summed E-state index contributed by atoms with van der Waals surface area (Å²) in [6, 6.07) is 9.80. The number of nitrogens with zero attached hydrogens (tertiary/aromatic N) is 3. The average Bonchev–Trinajstić information content (AvgIpc) is 2.74. The fraction of sp³-hybridized carbons (Fsp3) is 0.522. The van der Waals surface area contributed by atoms with Crippen LogP contribution in [-0.2, 0) is 17.8 Å². The molecule has 158 valence electrons. The van der Waals surface area contributed by atoms with Crippen molar-refractivity contribution in [2.75, 3.05) is 19.6 Å². The number of nitrogens with one attached hydrogen (secondary N) is 1. The van der Waals surface area contributed by atoms with Crippen molar-refractivity contribution in [3.05, 3.63) is 51.9 Å². The Morgan fingerprint density at radius 3 is 2.57 bits per heavy atom. The van der Waals surface area contributed by atoms with Crippen LogP contribution in [0.1, 0.15) is 43.4 Å². The molecule has 0 spiro atoms. The van der Waals surface area contributed by atoms with Gasteiger partial charge in [-0.3, -0.25) is 14.2 Å². The lowest BCUT2D eigenvalue weighted by molar-refractivity contribution is -0.138. The summed E-state index contributed by atoms with van der Waals surface area (Å²) in [5.41, 5.74) is 2.39. The number of amides is 1. The molecule has 0 radical (unpaired) electrons. The van der Waals surface area contributed by atoms with Gasteiger partial charge in [0.2, 0.25) is 5.91 Å². The lowest BCUT2D eigenvalue weighted by Crippen LogP contribution is -2.53. The molecule has 7 heteroatoms. The molecule has 1 aromatic carbocycles. The number of rotatable bonds is 4. The van der Waals surface area contributed by atoms with Crippen LogP contribution in [0.15, 0.2) is 40.3 Å². The van der Waals surface area contributed by atoms with Gasteiger partial charge in [-0.2, -0.15) is 0 Å². The number of benzene rings is 1. The number of hydrogen-bond donors (Lipinski definition) is 1. The Hall–Kier alpha value is -2.12. The molecule has 1 saturated carbocycles. The molecular weight excluding hydrogens is 396 g/mol. The van der Waals surface area contributed by atoms with E-state index in [4.69, 9.17) is 4.98 Å². The van der Waals surface area contributed by atoms with E-state index in [9.17, 15) is 9.59 Å². The first-order chi connectivity index (χ1) is 14.7. The van der Waals surface area contributed by atoms with Crippen molar-refractivity contribution in [2.24, 2.45) is 5.92 Å². The minimum Gasteiger partial charge on any atom is -0.337 e. The standard InChI is InChI=1S/C23H28N4O2S/c28-21(16-13-24-14-16)26-12-11-20-19(15-26)22(29)27(17-7-3-1-4-8-17)23(25-20)30-18-9-5-2-6-10-18/h1,3-4,7-8,16,18,24H,2,5-6,9-15H2. The molecule has 1 aliphatic carbocycles. The SMILES string of the molecule is O=C(C1CNC1)N1CCc2nc(SC3CCCCC3)n(-c3ccccc3)c(=O)c2C1. The van der Waals surface area contributed by atoms with Gasteiger partial charge in [-0.1, -0.05) is 49.2 Å². The predicted molar refractivity (Wildman–Crippen MR) is 118 cm³/mol. The zero-order valence-electron chi connectivity index (χ0n) is 17.2. The highest BCUT2D eigenvalue weighted by atomic mass is 32.2. The summed E-state index contributed by atoms with van der Waals surface area (Å²) >= 11 is 1.76. The number of carbonyl (C=O) groups is 1. The Balaban J connectivity index is 1.52. The molecule has 2 aliphatic heterocycles. The zero-order valence-corrected chi connectivity index (χ0v) is 18.0. The Morgan fingerprint density at radius 1 is 1.10 bits per heavy atom. The van der Waals surface area contributed by atoms with Crippen molar-refractivity contribution in [2.45, 2.75) is 55.5 Å². The van der Waals surface area contributed by atoms with Crippen LogP contribution < -0.4 is 10.9 Å². The maximum atomic E-state index is 13.7. The third-order valence-electron chi connectivity index (χ3n) is 6.48. The quantitative estimate of drug-likeness (QED) is 0.765. The van der Waals surface area contributed by atoms with E-state index in [-0.39, 0.29) is 17.4 Å². The Bertz CT molecular complexity index is 981. The molecular formula is C23H28N4O2S. The number of fused-ring (bicyclic) bond motifs is 1. The van der Waals surface area contributed by atoms with Crippen LogP contribution in [0.4, 0.5) is 0 Å². The molecule has 2 aromatic rings. The third kappa shape index (κ3) is 3.81. The topological polar surface area (TPSA) is 67.2 Å². The molecule has 5 rings (SSSR count). The van der Waals surface area contributed by atoms with Gasteiger partial charge in [-0.25, -0.2) is 4.98 Å². The van der Waals surface area contributed by atoms with Gasteiger partial charge < -0.3 is 10.2 Å². The van der Waals surface area contributed by atoms with Crippen LogP contribution in [0.5, 0.6) is 0 Å². The van der Waals surface area contributed by atoms with Gasteiger partial charge in [0.05, 0.1) is 29.4 Å². The molecule has 1 N–H and O–H groups in total. The van der Waals surface area contributed by atoms with E-state index in [1.54, 1.807) is 16.3 Å². The molecule has 0 atom stereocenters. The first-order valence-electron chi connectivity index (χ1n) is 11.1. The van der Waals surface area contributed by atoms with Crippen molar-refractivity contribution >= 4 is 17.7 Å². The second-order valence-corrected chi connectivity index (χ2v) is 9.81. The second-order valence-electron chi connectivity index (χ2n) is 8.54. The smallest absolute Gasteiger partial charge is 0.264 e. The molecule has 6 nitrogen and oxygen atoms in total. The highest BCUT2D eigenvalue weighted by Gasteiger charge is 2.33. The number of para-hydroxylation sites is 1. The van der Waals surface area contributed by atoms with Crippen molar-refractivity contribution in [3.8, 4) is 5.69 Å². The van der Waals surface area contributed by atoms with E-state index in [1.807, 2.05) is 35.2 Å². The fourth-order valence-corrected chi connectivity index (χ4v) is 5.90. The van der Waals surface area contributed by atoms with Crippen LogP contribution in [0.2, 0.25) is 0 Å². The summed E-state index contributed by atoms with van der Waals surface area (Å²) in [6.07, 6.45) is 6.84. The Kier molecular flexibility index (Phi) is 5.65. The molecule has 1 saturated heterocycles. The van der Waals surface area contributed by atoms with Crippen molar-refractivity contribution in [3.63, 3.8) is 0 Å². The van der Waals surface area contributed by atoms with Crippen molar-refractivity contribution in [1.82, 2.24) is 19.8 Å². The molecule has 1 aromatic heterocycles. The minimum absolute atomic E-state index is 0.0197. The first-order valence-corrected chi connectivity index (χ1v) is 11.9. The van der Waals surface area contributed by atoms with E-state index < -0.39 is 0 Å². The van der Waals surface area contributed by atoms with E-state index in [2.05, 4.69) is 5.32 Å². The van der Waals surface area contributed by atoms with E-state index >= 15 is 0 Å². The lowest BCUT2D eigenvalue weighted by Gasteiger charge is -2.35. The molecule has 3 aliphatic rings. The summed E-state index contributed by atoms with van der Waals surface area (Å²) < 4.78 is 1.77. The van der Waals surface area contributed by atoms with E-state index in [0.717, 1.165) is 29.6 Å². The zero-order chi connectivity index (χ0) is 20.5. The highest BCUT2D eigenvalue weighted by Crippen LogP contribution is 2.34. The van der Waals surface area contributed by atoms with Gasteiger partial charge in [0.25, 0.3) is 5.56 Å². The molecule has 3 heterocycles. The normalized spacial score (nSPS) is 19.9. The summed E-state index contributed by atoms with van der Waals surface area (Å²) in [4.78, 5) is 33.2. The van der Waals surface area contributed by atoms with Crippen molar-refractivity contribution < 1.29 is 4.79 Å². The van der Waals surface area contributed by atoms with E-state index in [1.165, 1.54) is 32.1 Å². The van der Waals surface area contributed by atoms with Crippen molar-refractivity contribution in [1.29, 1.82) is 0 Å². The van der Waals surface area contributed by atoms with Gasteiger partial charge in [0, 0.05) is 31.3 Å². The van der Waals surface area contributed by atoms with Crippen LogP contribution >= 0.6 is 11.8 Å². The molecule has 0 unspecified atom stereocenters. The molecule has 2 fully saturated rings. The minimum atomic E-state index is -0.0197. The summed E-state index contributed by atoms with van der Waals surface area (Å²) in [5.74, 6) is 0.211. The number of thioether (sulfide) groups is 1. The maximum Gasteiger partial charge on any atom is 0.264 e. The first kappa shape index (κ1) is 19.8. The highest BCUT2D eigenvalue weighted by molar-refractivity contribution is 7.99. The second kappa shape index (κ2) is 8.55. The number of aromatic nitrogens is 2. The maximum absolute atomic E-state index is 13.7. The predicted octanol–water partition coefficient (Wildman–Crippen LogP) is 2.76. The van der Waals surface area contributed by atoms with Crippen LogP contribution in [0, 0.1) is 5.92 Å². The van der Waals surface area contributed by atoms with Gasteiger partial charge in [0.15, 0.2) is 5.16 Å². The monoisotopic (exact) mass is 424 g/mol. The fourth-order valence-electron chi connectivity index (χ4n) is 4.58. The summed E-state index contributed by atoms with van der Waals surface area (Å²) in [5, 5.41) is 4.49. The Morgan fingerprint density at radius 2 is 1.87 bits per heavy atom. The Labute approximate surface area is 181 Å². The van der Waals surface area contributed by atoms with Crippen LogP contribution in [0.25, 0.3) is 5.69 Å². The van der Waals surface area contributed by atoms with Gasteiger partial charge in [0.1, 0.15) is 0 Å². The molecule has 0 bridgehead atoms.